The molecular formula is C15H13BrN2O. The van der Waals surface area contributed by atoms with Crippen molar-refractivity contribution in [1.29, 1.82) is 0 Å². The smallest absolute Gasteiger partial charge is 0.100 e. The van der Waals surface area contributed by atoms with Crippen LogP contribution in [0.5, 0.6) is 0 Å². The van der Waals surface area contributed by atoms with E-state index in [1.54, 1.807) is 12.4 Å². The lowest BCUT2D eigenvalue weighted by atomic mass is 10.1. The normalized spacial score (nSPS) is 18.2. The summed E-state index contributed by atoms with van der Waals surface area (Å²) in [5.41, 5.74) is 2.15. The Morgan fingerprint density at radius 1 is 1.37 bits per heavy atom. The third-order valence-electron chi connectivity index (χ3n) is 2.91. The molecule has 0 saturated heterocycles. The minimum atomic E-state index is -2.84. The van der Waals surface area contributed by atoms with Crippen LogP contribution in [0.2, 0.25) is 0 Å². The fourth-order valence-corrected chi connectivity index (χ4v) is 2.38. The first-order valence-corrected chi connectivity index (χ1v) is 6.45. The number of rotatable bonds is 2. The Bertz CT molecular complexity index is 873. The molecule has 0 bridgehead atoms. The van der Waals surface area contributed by atoms with Crippen molar-refractivity contribution < 1.29 is 10.6 Å². The quantitative estimate of drug-likeness (QED) is 0.779. The van der Waals surface area contributed by atoms with Gasteiger partial charge in [0.15, 0.2) is 0 Å². The van der Waals surface area contributed by atoms with E-state index in [-0.39, 0.29) is 5.56 Å². The van der Waals surface area contributed by atoms with Gasteiger partial charge in [0.1, 0.15) is 6.33 Å². The third kappa shape index (κ3) is 2.29. The van der Waals surface area contributed by atoms with Gasteiger partial charge in [-0.25, -0.2) is 4.98 Å². The molecule has 0 radical (unpaired) electrons. The lowest BCUT2D eigenvalue weighted by molar-refractivity contribution is 0.199. The molecule has 3 rings (SSSR count). The van der Waals surface area contributed by atoms with Crippen LogP contribution in [0, 0.1) is 0 Å². The minimum absolute atomic E-state index is 0.00973. The van der Waals surface area contributed by atoms with Gasteiger partial charge in [-0.1, -0.05) is 28.1 Å². The Hall–Kier alpha value is -1.65. The second-order valence-electron chi connectivity index (χ2n) is 4.15. The Balaban J connectivity index is 2.11. The second-order valence-corrected chi connectivity index (χ2v) is 5.06. The molecule has 0 aliphatic rings. The molecule has 1 aromatic heterocycles. The molecule has 0 amide bonds. The average Bonchev–Trinajstić information content (AvgIpc) is 2.89. The van der Waals surface area contributed by atoms with Gasteiger partial charge < -0.3 is 5.11 Å². The highest BCUT2D eigenvalue weighted by Crippen LogP contribution is 2.23. The molecule has 96 valence electrons. The van der Waals surface area contributed by atoms with Crippen molar-refractivity contribution in [2.24, 2.45) is 0 Å². The lowest BCUT2D eigenvalue weighted by Gasteiger charge is -2.07. The zero-order chi connectivity index (χ0) is 16.8. The molecule has 0 unspecified atom stereocenters. The lowest BCUT2D eigenvalue weighted by Crippen LogP contribution is -1.93. The van der Waals surface area contributed by atoms with E-state index in [9.17, 15) is 5.11 Å². The van der Waals surface area contributed by atoms with Gasteiger partial charge in [0, 0.05) is 14.3 Å². The van der Waals surface area contributed by atoms with Crippen LogP contribution in [0.15, 0.2) is 53.3 Å². The molecule has 3 nitrogen and oxygen atoms in total. The van der Waals surface area contributed by atoms with Crippen molar-refractivity contribution in [2.45, 2.75) is 12.9 Å². The van der Waals surface area contributed by atoms with Crippen LogP contribution in [-0.4, -0.2) is 14.7 Å². The van der Waals surface area contributed by atoms with E-state index in [0.29, 0.717) is 5.52 Å². The Morgan fingerprint density at radius 3 is 3.05 bits per heavy atom. The predicted molar refractivity (Wildman–Crippen MR) is 79.4 cm³/mol. The number of benzene rings is 2. The van der Waals surface area contributed by atoms with Crippen molar-refractivity contribution in [1.82, 2.24) is 9.55 Å². The molecule has 1 atom stereocenters. The van der Waals surface area contributed by atoms with Crippen molar-refractivity contribution in [3.63, 3.8) is 0 Å². The van der Waals surface area contributed by atoms with Crippen molar-refractivity contribution in [3.05, 3.63) is 58.8 Å². The van der Waals surface area contributed by atoms with Gasteiger partial charge in [-0.3, -0.25) is 4.57 Å². The molecule has 0 aliphatic heterocycles. The van der Waals surface area contributed by atoms with E-state index in [2.05, 4.69) is 20.9 Å². The summed E-state index contributed by atoms with van der Waals surface area (Å²) >= 11 is 3.42. The first kappa shape index (κ1) is 8.51. The second kappa shape index (κ2) is 4.79. The van der Waals surface area contributed by atoms with Gasteiger partial charge in [0.2, 0.25) is 0 Å². The molecule has 0 spiro atoms. The van der Waals surface area contributed by atoms with Gasteiger partial charge >= 0.3 is 0 Å². The van der Waals surface area contributed by atoms with E-state index < -0.39 is 12.9 Å². The fourth-order valence-electron chi connectivity index (χ4n) is 1.99. The molecular weight excluding hydrogens is 304 g/mol. The van der Waals surface area contributed by atoms with Gasteiger partial charge in [0.25, 0.3) is 0 Å². The van der Waals surface area contributed by atoms with Crippen molar-refractivity contribution in [2.75, 3.05) is 0 Å². The zero-order valence-electron chi connectivity index (χ0n) is 13.8. The van der Waals surface area contributed by atoms with Crippen LogP contribution in [0.1, 0.15) is 24.0 Å². The standard InChI is InChI=1S/C15H13BrN2O/c1-10(19)11-5-6-15-14(7-11)17-9-18(15)13-4-2-3-12(16)8-13/h2-10,19H,1H3/t10-/m1/s1/i1D3,10D. The molecule has 1 heterocycles. The first-order valence-electron chi connectivity index (χ1n) is 7.66. The number of nitrogens with zero attached hydrogens (tertiary/aromatic N) is 2. The van der Waals surface area contributed by atoms with E-state index in [0.717, 1.165) is 15.7 Å². The summed E-state index contributed by atoms with van der Waals surface area (Å²) in [6, 6.07) is 12.2. The highest BCUT2D eigenvalue weighted by Gasteiger charge is 2.07. The number of imidazole rings is 1. The molecule has 3 aromatic rings. The van der Waals surface area contributed by atoms with Gasteiger partial charge in [-0.05, 0) is 42.7 Å². The highest BCUT2D eigenvalue weighted by atomic mass is 79.9. The number of fused-ring (bicyclic) bond motifs is 1. The van der Waals surface area contributed by atoms with Crippen LogP contribution in [0.3, 0.4) is 0 Å². The first-order chi connectivity index (χ1) is 10.7. The van der Waals surface area contributed by atoms with Gasteiger partial charge in [-0.2, -0.15) is 0 Å². The molecule has 2 aromatic carbocycles. The summed E-state index contributed by atoms with van der Waals surface area (Å²) in [7, 11) is 0. The Kier molecular flexibility index (Phi) is 2.15. The third-order valence-corrected chi connectivity index (χ3v) is 3.40. The van der Waals surface area contributed by atoms with Crippen LogP contribution in [0.4, 0.5) is 0 Å². The highest BCUT2D eigenvalue weighted by molar-refractivity contribution is 9.10. The fraction of sp³-hybridized carbons (Fsp3) is 0.133. The monoisotopic (exact) mass is 320 g/mol. The van der Waals surface area contributed by atoms with Crippen LogP contribution < -0.4 is 0 Å². The summed E-state index contributed by atoms with van der Waals surface area (Å²) in [4.78, 5) is 4.25. The Morgan fingerprint density at radius 2 is 2.26 bits per heavy atom. The molecule has 0 saturated carbocycles. The van der Waals surface area contributed by atoms with E-state index in [1.165, 1.54) is 12.1 Å². The SMILES string of the molecule is [2H]C([2H])([2H])[C@@]([2H])(O)c1ccc2c(c1)ncn2-c1cccc(Br)c1. The van der Waals surface area contributed by atoms with E-state index in [1.807, 2.05) is 28.8 Å². The zero-order valence-corrected chi connectivity index (χ0v) is 11.4. The van der Waals surface area contributed by atoms with Crippen LogP contribution >= 0.6 is 15.9 Å². The minimum Gasteiger partial charge on any atom is -0.389 e. The van der Waals surface area contributed by atoms with Crippen molar-refractivity contribution in [3.8, 4) is 5.69 Å². The summed E-state index contributed by atoms with van der Waals surface area (Å²) in [5.74, 6) is 0. The largest absolute Gasteiger partial charge is 0.389 e. The molecule has 1 N–H and O–H groups in total. The van der Waals surface area contributed by atoms with Crippen LogP contribution in [-0.2, 0) is 0 Å². The summed E-state index contributed by atoms with van der Waals surface area (Å²) in [5, 5.41) is 10.0. The molecule has 19 heavy (non-hydrogen) atoms. The number of hydrogen-bond donors (Lipinski definition) is 1. The molecule has 4 heteroatoms. The summed E-state index contributed by atoms with van der Waals surface area (Å²) in [6.07, 6.45) is -1.05. The number of halogens is 1. The van der Waals surface area contributed by atoms with Gasteiger partial charge in [-0.15, -0.1) is 0 Å². The van der Waals surface area contributed by atoms with E-state index in [4.69, 9.17) is 5.48 Å². The topological polar surface area (TPSA) is 38.1 Å². The van der Waals surface area contributed by atoms with Crippen LogP contribution in [0.25, 0.3) is 16.7 Å². The maximum absolute atomic E-state index is 10.0. The number of aliphatic hydroxyl groups is 1. The van der Waals surface area contributed by atoms with Gasteiger partial charge in [0.05, 0.1) is 18.5 Å². The predicted octanol–water partition coefficient (Wildman–Crippen LogP) is 3.84. The summed E-state index contributed by atoms with van der Waals surface area (Å²) < 4.78 is 32.4. The average molecular weight is 321 g/mol. The Labute approximate surface area is 125 Å². The maximum atomic E-state index is 10.0. The maximum Gasteiger partial charge on any atom is 0.100 e. The number of aromatic nitrogens is 2. The van der Waals surface area contributed by atoms with Crippen molar-refractivity contribution >= 4 is 27.0 Å². The molecule has 0 fully saturated rings. The van der Waals surface area contributed by atoms with E-state index >= 15 is 0 Å². The number of hydrogen-bond acceptors (Lipinski definition) is 2. The summed E-state index contributed by atoms with van der Waals surface area (Å²) in [6.45, 7) is -2.84. The molecule has 0 aliphatic carbocycles.